The molecule has 2 amide bonds. The number of carbonyl (C=O) groups is 2. The number of carbonyl (C=O) groups excluding carboxylic acids is 2. The van der Waals surface area contributed by atoms with Crippen molar-refractivity contribution in [2.24, 2.45) is 0 Å². The second-order valence-electron chi connectivity index (χ2n) is 7.60. The fourth-order valence-corrected chi connectivity index (χ4v) is 3.81. The molecule has 1 N–H and O–H groups in total. The Hall–Kier alpha value is -3.26. The maximum atomic E-state index is 12.9. The Morgan fingerprint density at radius 3 is 2.22 bits per heavy atom. The summed E-state index contributed by atoms with van der Waals surface area (Å²) in [7, 11) is 4.73. The molecule has 1 unspecified atom stereocenters. The molecule has 0 saturated carbocycles. The van der Waals surface area contributed by atoms with E-state index in [1.54, 1.807) is 44.4 Å². The number of para-hydroxylation sites is 1. The molecule has 32 heavy (non-hydrogen) atoms. The van der Waals surface area contributed by atoms with Crippen LogP contribution >= 0.6 is 0 Å². The molecular weight excluding hydrogens is 410 g/mol. The van der Waals surface area contributed by atoms with Gasteiger partial charge in [0.25, 0.3) is 5.91 Å². The molecule has 0 radical (unpaired) electrons. The monoisotopic (exact) mass is 441 g/mol. The van der Waals surface area contributed by atoms with Crippen molar-refractivity contribution in [3.05, 3.63) is 53.6 Å². The highest BCUT2D eigenvalue weighted by atomic mass is 16.5. The topological polar surface area (TPSA) is 80.3 Å². The summed E-state index contributed by atoms with van der Waals surface area (Å²) in [6.07, 6.45) is 0. The molecule has 1 saturated heterocycles. The summed E-state index contributed by atoms with van der Waals surface area (Å²) in [5, 5.41) is 2.99. The molecule has 0 spiro atoms. The van der Waals surface area contributed by atoms with Crippen molar-refractivity contribution in [2.45, 2.75) is 19.5 Å². The number of hydrogen-bond donors (Lipinski definition) is 1. The SMILES string of the molecule is COc1ccccc1CNC(=O)C(C)N1CCN(C(=O)c2ccc(OC)c(OC)c2)CC1. The highest BCUT2D eigenvalue weighted by molar-refractivity contribution is 5.95. The summed E-state index contributed by atoms with van der Waals surface area (Å²) in [5.41, 5.74) is 1.49. The maximum absolute atomic E-state index is 12.9. The van der Waals surface area contributed by atoms with Gasteiger partial charge in [-0.3, -0.25) is 14.5 Å². The van der Waals surface area contributed by atoms with E-state index >= 15 is 0 Å². The lowest BCUT2D eigenvalue weighted by atomic mass is 10.1. The second kappa shape index (κ2) is 10.9. The van der Waals surface area contributed by atoms with Crippen LogP contribution in [0.3, 0.4) is 0 Å². The summed E-state index contributed by atoms with van der Waals surface area (Å²) in [4.78, 5) is 29.5. The lowest BCUT2D eigenvalue weighted by Gasteiger charge is -2.37. The number of rotatable bonds is 8. The van der Waals surface area contributed by atoms with E-state index in [0.29, 0.717) is 49.8 Å². The van der Waals surface area contributed by atoms with Crippen LogP contribution in [0.2, 0.25) is 0 Å². The fourth-order valence-electron chi connectivity index (χ4n) is 3.81. The third-order valence-corrected chi connectivity index (χ3v) is 5.80. The predicted molar refractivity (Wildman–Crippen MR) is 121 cm³/mol. The Morgan fingerprint density at radius 2 is 1.56 bits per heavy atom. The Labute approximate surface area is 189 Å². The van der Waals surface area contributed by atoms with Crippen LogP contribution in [-0.4, -0.2) is 75.2 Å². The molecule has 1 aliphatic rings. The van der Waals surface area contributed by atoms with Crippen LogP contribution in [0.4, 0.5) is 0 Å². The average molecular weight is 442 g/mol. The minimum absolute atomic E-state index is 0.0458. The van der Waals surface area contributed by atoms with Crippen molar-refractivity contribution in [2.75, 3.05) is 47.5 Å². The number of nitrogens with one attached hydrogen (secondary N) is 1. The van der Waals surface area contributed by atoms with Gasteiger partial charge in [-0.25, -0.2) is 0 Å². The molecule has 1 fully saturated rings. The Kier molecular flexibility index (Phi) is 7.94. The largest absolute Gasteiger partial charge is 0.496 e. The van der Waals surface area contributed by atoms with Gasteiger partial charge in [-0.1, -0.05) is 18.2 Å². The van der Waals surface area contributed by atoms with Crippen molar-refractivity contribution in [3.8, 4) is 17.2 Å². The molecule has 1 heterocycles. The molecule has 0 aliphatic carbocycles. The van der Waals surface area contributed by atoms with Gasteiger partial charge in [0.15, 0.2) is 11.5 Å². The number of methoxy groups -OCH3 is 3. The summed E-state index contributed by atoms with van der Waals surface area (Å²) < 4.78 is 15.9. The van der Waals surface area contributed by atoms with Gasteiger partial charge in [0.1, 0.15) is 5.75 Å². The van der Waals surface area contributed by atoms with Crippen molar-refractivity contribution in [3.63, 3.8) is 0 Å². The molecule has 172 valence electrons. The third kappa shape index (κ3) is 5.31. The molecule has 1 atom stereocenters. The number of hydrogen-bond acceptors (Lipinski definition) is 6. The minimum Gasteiger partial charge on any atom is -0.496 e. The zero-order valence-electron chi connectivity index (χ0n) is 19.1. The molecule has 0 aromatic heterocycles. The Balaban J connectivity index is 1.53. The highest BCUT2D eigenvalue weighted by Gasteiger charge is 2.28. The lowest BCUT2D eigenvalue weighted by molar-refractivity contribution is -0.126. The van der Waals surface area contributed by atoms with Crippen molar-refractivity contribution < 1.29 is 23.8 Å². The van der Waals surface area contributed by atoms with E-state index in [2.05, 4.69) is 10.2 Å². The average Bonchev–Trinajstić information content (AvgIpc) is 2.86. The minimum atomic E-state index is -0.289. The Bertz CT molecular complexity index is 941. The van der Waals surface area contributed by atoms with Crippen molar-refractivity contribution >= 4 is 11.8 Å². The van der Waals surface area contributed by atoms with Crippen LogP contribution in [-0.2, 0) is 11.3 Å². The lowest BCUT2D eigenvalue weighted by Crippen LogP contribution is -2.54. The first-order valence-corrected chi connectivity index (χ1v) is 10.6. The van der Waals surface area contributed by atoms with E-state index in [1.165, 1.54) is 0 Å². The maximum Gasteiger partial charge on any atom is 0.254 e. The van der Waals surface area contributed by atoms with E-state index in [4.69, 9.17) is 14.2 Å². The molecule has 8 nitrogen and oxygen atoms in total. The first-order valence-electron chi connectivity index (χ1n) is 10.6. The molecule has 0 bridgehead atoms. The van der Waals surface area contributed by atoms with Gasteiger partial charge in [0.05, 0.1) is 27.4 Å². The number of amides is 2. The second-order valence-corrected chi connectivity index (χ2v) is 7.60. The van der Waals surface area contributed by atoms with Crippen molar-refractivity contribution in [1.29, 1.82) is 0 Å². The molecule has 1 aliphatic heterocycles. The zero-order valence-corrected chi connectivity index (χ0v) is 19.1. The highest BCUT2D eigenvalue weighted by Crippen LogP contribution is 2.28. The summed E-state index contributed by atoms with van der Waals surface area (Å²) in [6, 6.07) is 12.5. The van der Waals surface area contributed by atoms with E-state index in [-0.39, 0.29) is 17.9 Å². The number of piperazine rings is 1. The Morgan fingerprint density at radius 1 is 0.906 bits per heavy atom. The van der Waals surface area contributed by atoms with Crippen LogP contribution in [0.25, 0.3) is 0 Å². The fraction of sp³-hybridized carbons (Fsp3) is 0.417. The standard InChI is InChI=1S/C24H31N3O5/c1-17(23(28)25-16-19-7-5-6-8-20(19)30-2)26-11-13-27(14-12-26)24(29)18-9-10-21(31-3)22(15-18)32-4/h5-10,15,17H,11-14,16H2,1-4H3,(H,25,28). The first kappa shape index (κ1) is 23.4. The van der Waals surface area contributed by atoms with E-state index in [0.717, 1.165) is 11.3 Å². The summed E-state index contributed by atoms with van der Waals surface area (Å²) in [5.74, 6) is 1.76. The summed E-state index contributed by atoms with van der Waals surface area (Å²) in [6.45, 7) is 4.66. The molecular formula is C24H31N3O5. The quantitative estimate of drug-likeness (QED) is 0.676. The van der Waals surface area contributed by atoms with Crippen molar-refractivity contribution in [1.82, 2.24) is 15.1 Å². The number of ether oxygens (including phenoxy) is 3. The van der Waals surface area contributed by atoms with Gasteiger partial charge in [0, 0.05) is 43.9 Å². The van der Waals surface area contributed by atoms with E-state index in [9.17, 15) is 9.59 Å². The van der Waals surface area contributed by atoms with Gasteiger partial charge in [-0.05, 0) is 31.2 Å². The zero-order chi connectivity index (χ0) is 23.1. The molecule has 2 aromatic rings. The van der Waals surface area contributed by atoms with Gasteiger partial charge in [0.2, 0.25) is 5.91 Å². The van der Waals surface area contributed by atoms with Gasteiger partial charge in [-0.15, -0.1) is 0 Å². The first-order chi connectivity index (χ1) is 15.5. The third-order valence-electron chi connectivity index (χ3n) is 5.80. The van der Waals surface area contributed by atoms with Crippen LogP contribution in [0.5, 0.6) is 17.2 Å². The van der Waals surface area contributed by atoms with Crippen LogP contribution in [0.1, 0.15) is 22.8 Å². The van der Waals surface area contributed by atoms with Gasteiger partial charge in [-0.2, -0.15) is 0 Å². The molecule has 2 aromatic carbocycles. The van der Waals surface area contributed by atoms with Crippen LogP contribution in [0.15, 0.2) is 42.5 Å². The predicted octanol–water partition coefficient (Wildman–Crippen LogP) is 2.18. The van der Waals surface area contributed by atoms with Gasteiger partial charge < -0.3 is 24.4 Å². The van der Waals surface area contributed by atoms with E-state index in [1.807, 2.05) is 31.2 Å². The van der Waals surface area contributed by atoms with Crippen LogP contribution in [0, 0.1) is 0 Å². The summed E-state index contributed by atoms with van der Waals surface area (Å²) >= 11 is 0. The van der Waals surface area contributed by atoms with E-state index < -0.39 is 0 Å². The normalized spacial score (nSPS) is 15.1. The molecule has 8 heteroatoms. The van der Waals surface area contributed by atoms with Crippen LogP contribution < -0.4 is 19.5 Å². The number of benzene rings is 2. The van der Waals surface area contributed by atoms with Gasteiger partial charge >= 0.3 is 0 Å². The smallest absolute Gasteiger partial charge is 0.254 e. The number of nitrogens with zero attached hydrogens (tertiary/aromatic N) is 2. The molecule has 3 rings (SSSR count).